The van der Waals surface area contributed by atoms with Crippen molar-refractivity contribution in [2.24, 2.45) is 0 Å². The molecule has 0 aliphatic heterocycles. The van der Waals surface area contributed by atoms with Crippen molar-refractivity contribution >= 4 is 39.1 Å². The first kappa shape index (κ1) is 24.4. The van der Waals surface area contributed by atoms with Crippen LogP contribution >= 0.6 is 11.6 Å². The first-order valence-corrected chi connectivity index (χ1v) is 11.9. The smallest absolute Gasteiger partial charge is 0.266 e. The number of amides is 2. The van der Waals surface area contributed by atoms with Crippen molar-refractivity contribution in [1.82, 2.24) is 10.3 Å². The third kappa shape index (κ3) is 6.41. The number of rotatable bonds is 6. The number of sulfonamides is 1. The Morgan fingerprint density at radius 1 is 0.758 bits per heavy atom. The molecule has 0 aliphatic carbocycles. The van der Waals surface area contributed by atoms with E-state index < -0.39 is 15.9 Å². The standard InChI is InChI=1S/C24H24ClN3O4S/c1-24(2,3)18-8-4-16(5-9-18)22(29)26-20-12-6-17(7-13-20)23(30)27-28-33(31,32)21-14-10-19(25)11-15-21/h4-15,28H,1-3H3,(H,26,29)(H,27,30). The van der Waals surface area contributed by atoms with Crippen LogP contribution < -0.4 is 15.6 Å². The molecule has 0 unspecified atom stereocenters. The number of hydrogen-bond donors (Lipinski definition) is 3. The van der Waals surface area contributed by atoms with Crippen LogP contribution in [0.5, 0.6) is 0 Å². The van der Waals surface area contributed by atoms with Crippen LogP contribution in [0.2, 0.25) is 5.02 Å². The fourth-order valence-corrected chi connectivity index (χ4v) is 3.85. The molecule has 0 saturated carbocycles. The molecule has 3 rings (SSSR count). The number of anilines is 1. The number of carbonyl (C=O) groups is 2. The molecule has 2 amide bonds. The van der Waals surface area contributed by atoms with E-state index in [9.17, 15) is 18.0 Å². The van der Waals surface area contributed by atoms with E-state index in [0.717, 1.165) is 5.56 Å². The Balaban J connectivity index is 1.59. The van der Waals surface area contributed by atoms with Gasteiger partial charge in [-0.2, -0.15) is 0 Å². The summed E-state index contributed by atoms with van der Waals surface area (Å²) >= 11 is 5.76. The lowest BCUT2D eigenvalue weighted by Gasteiger charge is -2.19. The molecule has 33 heavy (non-hydrogen) atoms. The van der Waals surface area contributed by atoms with Gasteiger partial charge in [-0.1, -0.05) is 44.5 Å². The highest BCUT2D eigenvalue weighted by molar-refractivity contribution is 7.89. The van der Waals surface area contributed by atoms with Gasteiger partial charge < -0.3 is 5.32 Å². The molecule has 0 radical (unpaired) electrons. The van der Waals surface area contributed by atoms with Crippen molar-refractivity contribution in [1.29, 1.82) is 0 Å². The lowest BCUT2D eigenvalue weighted by atomic mass is 9.87. The number of benzene rings is 3. The van der Waals surface area contributed by atoms with Crippen molar-refractivity contribution in [2.45, 2.75) is 31.1 Å². The summed E-state index contributed by atoms with van der Waals surface area (Å²) in [5.74, 6) is -0.924. The van der Waals surface area contributed by atoms with Gasteiger partial charge >= 0.3 is 0 Å². The van der Waals surface area contributed by atoms with E-state index in [1.165, 1.54) is 36.4 Å². The van der Waals surface area contributed by atoms with Gasteiger partial charge in [-0.3, -0.25) is 15.0 Å². The fraction of sp³-hybridized carbons (Fsp3) is 0.167. The molecule has 7 nitrogen and oxygen atoms in total. The van der Waals surface area contributed by atoms with E-state index >= 15 is 0 Å². The minimum absolute atomic E-state index is 0.00554. The summed E-state index contributed by atoms with van der Waals surface area (Å²) in [6, 6.07) is 19.0. The number of carbonyl (C=O) groups excluding carboxylic acids is 2. The summed E-state index contributed by atoms with van der Waals surface area (Å²) in [6.07, 6.45) is 0. The second kappa shape index (κ2) is 9.74. The van der Waals surface area contributed by atoms with Gasteiger partial charge in [-0.25, -0.2) is 8.42 Å². The van der Waals surface area contributed by atoms with Gasteiger partial charge in [-0.15, -0.1) is 4.83 Å². The second-order valence-electron chi connectivity index (χ2n) is 8.37. The minimum atomic E-state index is -3.94. The molecule has 0 saturated heterocycles. The summed E-state index contributed by atoms with van der Waals surface area (Å²) in [6.45, 7) is 6.30. The molecule has 0 heterocycles. The summed E-state index contributed by atoms with van der Waals surface area (Å²) < 4.78 is 24.5. The topological polar surface area (TPSA) is 104 Å². The van der Waals surface area contributed by atoms with Crippen molar-refractivity contribution in [3.8, 4) is 0 Å². The predicted octanol–water partition coefficient (Wildman–Crippen LogP) is 4.51. The highest BCUT2D eigenvalue weighted by atomic mass is 35.5. The zero-order chi connectivity index (χ0) is 24.2. The number of hydrogen-bond acceptors (Lipinski definition) is 4. The van der Waals surface area contributed by atoms with Gasteiger partial charge in [0.2, 0.25) is 0 Å². The van der Waals surface area contributed by atoms with Gasteiger partial charge in [0, 0.05) is 21.8 Å². The van der Waals surface area contributed by atoms with Crippen molar-refractivity contribution in [2.75, 3.05) is 5.32 Å². The fourth-order valence-electron chi connectivity index (χ4n) is 2.89. The van der Waals surface area contributed by atoms with Crippen molar-refractivity contribution in [3.63, 3.8) is 0 Å². The second-order valence-corrected chi connectivity index (χ2v) is 10.5. The van der Waals surface area contributed by atoms with Gasteiger partial charge in [0.1, 0.15) is 0 Å². The van der Waals surface area contributed by atoms with Crippen LogP contribution in [0.4, 0.5) is 5.69 Å². The lowest BCUT2D eigenvalue weighted by Crippen LogP contribution is -2.41. The molecule has 3 aromatic rings. The van der Waals surface area contributed by atoms with Crippen LogP contribution in [0.3, 0.4) is 0 Å². The molecule has 0 spiro atoms. The van der Waals surface area contributed by atoms with Gasteiger partial charge in [0.15, 0.2) is 0 Å². The average Bonchev–Trinajstić information content (AvgIpc) is 2.78. The van der Waals surface area contributed by atoms with Crippen LogP contribution in [0, 0.1) is 0 Å². The molecule has 3 N–H and O–H groups in total. The maximum absolute atomic E-state index is 12.5. The maximum atomic E-state index is 12.5. The monoisotopic (exact) mass is 485 g/mol. The predicted molar refractivity (Wildman–Crippen MR) is 129 cm³/mol. The van der Waals surface area contributed by atoms with Crippen LogP contribution in [0.15, 0.2) is 77.7 Å². The first-order valence-electron chi connectivity index (χ1n) is 10.1. The number of halogens is 1. The molecule has 0 bridgehead atoms. The van der Waals surface area contributed by atoms with E-state index in [4.69, 9.17) is 11.6 Å². The zero-order valence-electron chi connectivity index (χ0n) is 18.3. The normalized spacial score (nSPS) is 11.6. The first-order chi connectivity index (χ1) is 15.5. The van der Waals surface area contributed by atoms with Crippen molar-refractivity contribution < 1.29 is 18.0 Å². The Kier molecular flexibility index (Phi) is 7.22. The highest BCUT2D eigenvalue weighted by Crippen LogP contribution is 2.22. The minimum Gasteiger partial charge on any atom is -0.322 e. The quantitative estimate of drug-likeness (QED) is 0.446. The van der Waals surface area contributed by atoms with Gasteiger partial charge in [-0.05, 0) is 71.6 Å². The third-order valence-corrected chi connectivity index (χ3v) is 6.36. The Morgan fingerprint density at radius 2 is 1.27 bits per heavy atom. The maximum Gasteiger partial charge on any atom is 0.266 e. The molecule has 172 valence electrons. The highest BCUT2D eigenvalue weighted by Gasteiger charge is 2.16. The number of nitrogens with one attached hydrogen (secondary N) is 3. The number of hydrazine groups is 1. The Bertz CT molecular complexity index is 1250. The molecule has 0 aliphatic rings. The molecule has 0 fully saturated rings. The molecule has 0 aromatic heterocycles. The summed E-state index contributed by atoms with van der Waals surface area (Å²) in [4.78, 5) is 26.8. The Hall–Kier alpha value is -3.20. The SMILES string of the molecule is CC(C)(C)c1ccc(C(=O)Nc2ccc(C(=O)NNS(=O)(=O)c3ccc(Cl)cc3)cc2)cc1. The van der Waals surface area contributed by atoms with Crippen molar-refractivity contribution in [3.05, 3.63) is 94.5 Å². The van der Waals surface area contributed by atoms with E-state index in [1.807, 2.05) is 17.0 Å². The van der Waals surface area contributed by atoms with E-state index in [0.29, 0.717) is 16.3 Å². The largest absolute Gasteiger partial charge is 0.322 e. The third-order valence-electron chi connectivity index (χ3n) is 4.84. The Labute approximate surface area is 198 Å². The Morgan fingerprint density at radius 3 is 1.82 bits per heavy atom. The van der Waals surface area contributed by atoms with E-state index in [1.54, 1.807) is 24.3 Å². The van der Waals surface area contributed by atoms with E-state index in [-0.39, 0.29) is 21.8 Å². The molecule has 0 atom stereocenters. The van der Waals surface area contributed by atoms with Gasteiger partial charge in [0.25, 0.3) is 21.8 Å². The summed E-state index contributed by atoms with van der Waals surface area (Å²) in [5, 5.41) is 3.17. The van der Waals surface area contributed by atoms with Gasteiger partial charge in [0.05, 0.1) is 4.90 Å². The van der Waals surface area contributed by atoms with Crippen LogP contribution in [0.25, 0.3) is 0 Å². The lowest BCUT2D eigenvalue weighted by molar-refractivity contribution is 0.0944. The zero-order valence-corrected chi connectivity index (χ0v) is 19.9. The average molecular weight is 486 g/mol. The molecule has 3 aromatic carbocycles. The molecular weight excluding hydrogens is 462 g/mol. The summed E-state index contributed by atoms with van der Waals surface area (Å²) in [5.41, 5.74) is 4.50. The molecular formula is C24H24ClN3O4S. The van der Waals surface area contributed by atoms with Crippen LogP contribution in [-0.2, 0) is 15.4 Å². The van der Waals surface area contributed by atoms with E-state index in [2.05, 4.69) is 31.5 Å². The van der Waals surface area contributed by atoms with Crippen LogP contribution in [-0.4, -0.2) is 20.2 Å². The molecule has 9 heteroatoms. The summed E-state index contributed by atoms with van der Waals surface area (Å²) in [7, 11) is -3.94. The van der Waals surface area contributed by atoms with Crippen LogP contribution in [0.1, 0.15) is 47.1 Å².